The van der Waals surface area contributed by atoms with Gasteiger partial charge in [-0.15, -0.1) is 11.3 Å². The van der Waals surface area contributed by atoms with Crippen LogP contribution in [-0.4, -0.2) is 10.8 Å². The molecular weight excluding hydrogens is 246 g/mol. The van der Waals surface area contributed by atoms with Crippen LogP contribution in [0.3, 0.4) is 0 Å². The third-order valence-electron chi connectivity index (χ3n) is 2.56. The molecule has 3 nitrogen and oxygen atoms in total. The molecule has 0 N–H and O–H groups in total. The number of ether oxygens (including phenoxy) is 1. The van der Waals surface area contributed by atoms with Crippen LogP contribution in [0.5, 0.6) is 5.75 Å². The highest BCUT2D eigenvalue weighted by Crippen LogP contribution is 2.23. The number of ketones is 1. The minimum atomic E-state index is 0.0190. The van der Waals surface area contributed by atoms with Crippen LogP contribution in [0.1, 0.15) is 32.7 Å². The molecule has 0 saturated carbocycles. The summed E-state index contributed by atoms with van der Waals surface area (Å²) in [5.74, 6) is 0.666. The highest BCUT2D eigenvalue weighted by atomic mass is 32.1. The summed E-state index contributed by atoms with van der Waals surface area (Å²) in [6.45, 7) is 5.94. The van der Waals surface area contributed by atoms with Crippen LogP contribution in [0.15, 0.2) is 24.4 Å². The van der Waals surface area contributed by atoms with E-state index in [2.05, 4.69) is 4.98 Å². The number of carbonyl (C=O) groups excluding carboxylic acids is 1. The largest absolute Gasteiger partial charge is 0.487 e. The summed E-state index contributed by atoms with van der Waals surface area (Å²) < 4.78 is 5.73. The second-order valence-electron chi connectivity index (χ2n) is 4.19. The molecule has 1 aromatic heterocycles. The van der Waals surface area contributed by atoms with Crippen molar-refractivity contribution in [1.82, 2.24) is 4.98 Å². The Balaban J connectivity index is 2.17. The highest BCUT2D eigenvalue weighted by molar-refractivity contribution is 7.11. The van der Waals surface area contributed by atoms with Gasteiger partial charge in [-0.05, 0) is 38.5 Å². The van der Waals surface area contributed by atoms with Crippen LogP contribution in [0.25, 0.3) is 0 Å². The number of Topliss-reactive ketones (excluding diaryl/α,β-unsaturated/α-hetero) is 1. The van der Waals surface area contributed by atoms with Gasteiger partial charge >= 0.3 is 0 Å². The van der Waals surface area contributed by atoms with Crippen LogP contribution >= 0.6 is 11.3 Å². The second kappa shape index (κ2) is 5.31. The molecular formula is C14H15NO2S. The zero-order valence-electron chi connectivity index (χ0n) is 10.7. The van der Waals surface area contributed by atoms with Gasteiger partial charge in [0.05, 0.1) is 15.4 Å². The molecule has 0 bridgehead atoms. The van der Waals surface area contributed by atoms with Crippen molar-refractivity contribution in [3.8, 4) is 5.75 Å². The summed E-state index contributed by atoms with van der Waals surface area (Å²) in [5.41, 5.74) is 1.71. The predicted molar refractivity (Wildman–Crippen MR) is 72.4 cm³/mol. The summed E-state index contributed by atoms with van der Waals surface area (Å²) in [6.07, 6.45) is 1.81. The number of aromatic nitrogens is 1. The fourth-order valence-electron chi connectivity index (χ4n) is 1.66. The molecule has 18 heavy (non-hydrogen) atoms. The van der Waals surface area contributed by atoms with E-state index >= 15 is 0 Å². The van der Waals surface area contributed by atoms with Gasteiger partial charge in [0, 0.05) is 6.20 Å². The van der Waals surface area contributed by atoms with E-state index in [1.54, 1.807) is 18.3 Å². The van der Waals surface area contributed by atoms with E-state index in [0.29, 0.717) is 17.9 Å². The van der Waals surface area contributed by atoms with Crippen LogP contribution in [-0.2, 0) is 6.61 Å². The molecule has 0 aliphatic rings. The molecule has 0 radical (unpaired) electrons. The lowest BCUT2D eigenvalue weighted by atomic mass is 10.1. The third kappa shape index (κ3) is 2.96. The topological polar surface area (TPSA) is 39.2 Å². The van der Waals surface area contributed by atoms with Crippen molar-refractivity contribution in [3.05, 3.63) is 45.4 Å². The first kappa shape index (κ1) is 12.8. The standard InChI is InChI=1S/C14H15NO2S/c1-9-4-5-13(10(2)16)14(6-9)17-8-12-7-15-11(3)18-12/h4-7H,8H2,1-3H3. The van der Waals surface area contributed by atoms with E-state index in [-0.39, 0.29) is 5.78 Å². The van der Waals surface area contributed by atoms with Crippen molar-refractivity contribution < 1.29 is 9.53 Å². The Hall–Kier alpha value is -1.68. The lowest BCUT2D eigenvalue weighted by molar-refractivity contribution is 0.101. The lowest BCUT2D eigenvalue weighted by Crippen LogP contribution is -2.01. The maximum Gasteiger partial charge on any atom is 0.163 e. The van der Waals surface area contributed by atoms with Crippen LogP contribution in [0, 0.1) is 13.8 Å². The predicted octanol–water partition coefficient (Wildman–Crippen LogP) is 3.54. The first-order valence-electron chi connectivity index (χ1n) is 5.72. The van der Waals surface area contributed by atoms with E-state index in [1.165, 1.54) is 0 Å². The third-order valence-corrected chi connectivity index (χ3v) is 3.44. The Morgan fingerprint density at radius 3 is 2.78 bits per heavy atom. The number of aryl methyl sites for hydroxylation is 2. The summed E-state index contributed by atoms with van der Waals surface area (Å²) in [4.78, 5) is 16.7. The molecule has 0 amide bonds. The number of benzene rings is 1. The van der Waals surface area contributed by atoms with E-state index < -0.39 is 0 Å². The van der Waals surface area contributed by atoms with Gasteiger partial charge in [0.15, 0.2) is 5.78 Å². The molecule has 2 rings (SSSR count). The number of hydrogen-bond acceptors (Lipinski definition) is 4. The maximum absolute atomic E-state index is 11.5. The average Bonchev–Trinajstić information content (AvgIpc) is 2.72. The molecule has 0 unspecified atom stereocenters. The molecule has 1 heterocycles. The number of carbonyl (C=O) groups is 1. The fourth-order valence-corrected chi connectivity index (χ4v) is 2.37. The lowest BCUT2D eigenvalue weighted by Gasteiger charge is -2.09. The Bertz CT molecular complexity index is 575. The van der Waals surface area contributed by atoms with Crippen molar-refractivity contribution in [2.75, 3.05) is 0 Å². The van der Waals surface area contributed by atoms with Gasteiger partial charge in [0.2, 0.25) is 0 Å². The smallest absolute Gasteiger partial charge is 0.163 e. The Kier molecular flexibility index (Phi) is 3.77. The molecule has 0 fully saturated rings. The second-order valence-corrected chi connectivity index (χ2v) is 5.51. The Labute approximate surface area is 110 Å². The van der Waals surface area contributed by atoms with Crippen LogP contribution in [0.2, 0.25) is 0 Å². The van der Waals surface area contributed by atoms with Gasteiger partial charge in [0.25, 0.3) is 0 Å². The molecule has 0 saturated heterocycles. The van der Waals surface area contributed by atoms with Crippen molar-refractivity contribution >= 4 is 17.1 Å². The van der Waals surface area contributed by atoms with E-state index in [4.69, 9.17) is 4.74 Å². The van der Waals surface area contributed by atoms with Crippen LogP contribution in [0.4, 0.5) is 0 Å². The minimum absolute atomic E-state index is 0.0190. The SMILES string of the molecule is CC(=O)c1ccc(C)cc1OCc1cnc(C)s1. The first-order chi connectivity index (χ1) is 8.56. The normalized spacial score (nSPS) is 10.4. The Morgan fingerprint density at radius 2 is 2.17 bits per heavy atom. The average molecular weight is 261 g/mol. The minimum Gasteiger partial charge on any atom is -0.487 e. The monoisotopic (exact) mass is 261 g/mol. The van der Waals surface area contributed by atoms with Crippen molar-refractivity contribution in [2.45, 2.75) is 27.4 Å². The quantitative estimate of drug-likeness (QED) is 0.790. The van der Waals surface area contributed by atoms with Gasteiger partial charge in [-0.3, -0.25) is 4.79 Å². The maximum atomic E-state index is 11.5. The van der Waals surface area contributed by atoms with Gasteiger partial charge < -0.3 is 4.74 Å². The molecule has 1 aromatic carbocycles. The van der Waals surface area contributed by atoms with Gasteiger partial charge in [-0.2, -0.15) is 0 Å². The zero-order valence-corrected chi connectivity index (χ0v) is 11.5. The van der Waals surface area contributed by atoms with Gasteiger partial charge in [-0.25, -0.2) is 4.98 Å². The van der Waals surface area contributed by atoms with Crippen molar-refractivity contribution in [1.29, 1.82) is 0 Å². The van der Waals surface area contributed by atoms with Gasteiger partial charge in [-0.1, -0.05) is 6.07 Å². The van der Waals surface area contributed by atoms with Crippen molar-refractivity contribution in [3.63, 3.8) is 0 Å². The molecule has 0 spiro atoms. The summed E-state index contributed by atoms with van der Waals surface area (Å²) >= 11 is 1.60. The Morgan fingerprint density at radius 1 is 1.39 bits per heavy atom. The van der Waals surface area contributed by atoms with Crippen LogP contribution < -0.4 is 4.74 Å². The molecule has 2 aromatic rings. The number of thiazole rings is 1. The highest BCUT2D eigenvalue weighted by Gasteiger charge is 2.09. The summed E-state index contributed by atoms with van der Waals surface area (Å²) in [5, 5.41) is 1.02. The van der Waals surface area contributed by atoms with E-state index in [0.717, 1.165) is 15.4 Å². The molecule has 0 aliphatic heterocycles. The zero-order chi connectivity index (χ0) is 13.1. The van der Waals surface area contributed by atoms with Crippen molar-refractivity contribution in [2.24, 2.45) is 0 Å². The fraction of sp³-hybridized carbons (Fsp3) is 0.286. The van der Waals surface area contributed by atoms with E-state index in [1.807, 2.05) is 38.2 Å². The van der Waals surface area contributed by atoms with Gasteiger partial charge in [0.1, 0.15) is 12.4 Å². The number of hydrogen-bond donors (Lipinski definition) is 0. The summed E-state index contributed by atoms with van der Waals surface area (Å²) in [6, 6.07) is 5.62. The molecule has 0 atom stereocenters. The molecule has 94 valence electrons. The first-order valence-corrected chi connectivity index (χ1v) is 6.53. The van der Waals surface area contributed by atoms with E-state index in [9.17, 15) is 4.79 Å². The molecule has 4 heteroatoms. The number of nitrogens with zero attached hydrogens (tertiary/aromatic N) is 1. The number of rotatable bonds is 4. The molecule has 0 aliphatic carbocycles. The summed E-state index contributed by atoms with van der Waals surface area (Å²) in [7, 11) is 0.